The van der Waals surface area contributed by atoms with Crippen LogP contribution >= 0.6 is 0 Å². The van der Waals surface area contributed by atoms with Crippen molar-refractivity contribution in [2.45, 2.75) is 31.9 Å². The molecule has 1 atom stereocenters. The van der Waals surface area contributed by atoms with Crippen molar-refractivity contribution in [3.63, 3.8) is 0 Å². The van der Waals surface area contributed by atoms with Gasteiger partial charge in [0, 0.05) is 30.8 Å². The van der Waals surface area contributed by atoms with E-state index in [0.717, 1.165) is 16.0 Å². The molecule has 0 saturated heterocycles. The largest absolute Gasteiger partial charge is 0.392 e. The highest BCUT2D eigenvalue weighted by molar-refractivity contribution is 6.13. The predicted molar refractivity (Wildman–Crippen MR) is 118 cm³/mol. The quantitative estimate of drug-likeness (QED) is 0.490. The third-order valence-corrected chi connectivity index (χ3v) is 5.08. The number of imide groups is 1. The van der Waals surface area contributed by atoms with Gasteiger partial charge in [-0.1, -0.05) is 42.5 Å². The van der Waals surface area contributed by atoms with Crippen LogP contribution in [0.4, 0.5) is 5.69 Å². The maximum absolute atomic E-state index is 12.9. The molecule has 4 amide bonds. The Bertz CT molecular complexity index is 984. The van der Waals surface area contributed by atoms with Gasteiger partial charge in [-0.2, -0.15) is 0 Å². The topological polar surface area (TPSA) is 116 Å². The molecule has 0 aliphatic carbocycles. The van der Waals surface area contributed by atoms with Gasteiger partial charge in [-0.3, -0.25) is 24.1 Å². The van der Waals surface area contributed by atoms with Gasteiger partial charge in [0.2, 0.25) is 11.8 Å². The summed E-state index contributed by atoms with van der Waals surface area (Å²) in [5.74, 6) is -1.71. The summed E-state index contributed by atoms with van der Waals surface area (Å²) in [6.07, 6.45) is 3.19. The van der Waals surface area contributed by atoms with E-state index >= 15 is 0 Å². The smallest absolute Gasteiger partial charge is 0.253 e. The lowest BCUT2D eigenvalue weighted by Gasteiger charge is -2.20. The van der Waals surface area contributed by atoms with Crippen LogP contribution < -0.4 is 10.6 Å². The summed E-state index contributed by atoms with van der Waals surface area (Å²) in [6.45, 7) is -0.145. The summed E-state index contributed by atoms with van der Waals surface area (Å²) in [5, 5.41) is 14.7. The molecule has 0 unspecified atom stereocenters. The Hall–Kier alpha value is -3.78. The van der Waals surface area contributed by atoms with Crippen molar-refractivity contribution in [1.82, 2.24) is 10.2 Å². The molecule has 2 aromatic rings. The van der Waals surface area contributed by atoms with Crippen LogP contribution in [0.3, 0.4) is 0 Å². The van der Waals surface area contributed by atoms with E-state index in [1.54, 1.807) is 24.3 Å². The van der Waals surface area contributed by atoms with Gasteiger partial charge in [0.15, 0.2) is 0 Å². The minimum Gasteiger partial charge on any atom is -0.392 e. The van der Waals surface area contributed by atoms with Crippen LogP contribution in [-0.2, 0) is 32.2 Å². The highest BCUT2D eigenvalue weighted by atomic mass is 16.3. The second-order valence-corrected chi connectivity index (χ2v) is 7.40. The molecule has 2 aromatic carbocycles. The first kappa shape index (κ1) is 22.9. The summed E-state index contributed by atoms with van der Waals surface area (Å²) < 4.78 is 0. The minimum atomic E-state index is -0.802. The molecule has 166 valence electrons. The highest BCUT2D eigenvalue weighted by Crippen LogP contribution is 2.12. The first-order chi connectivity index (χ1) is 15.5. The van der Waals surface area contributed by atoms with Gasteiger partial charge in [-0.25, -0.2) is 0 Å². The van der Waals surface area contributed by atoms with E-state index in [1.807, 2.05) is 30.3 Å². The summed E-state index contributed by atoms with van der Waals surface area (Å²) >= 11 is 0. The van der Waals surface area contributed by atoms with Crippen LogP contribution in [0, 0.1) is 0 Å². The van der Waals surface area contributed by atoms with Gasteiger partial charge >= 0.3 is 0 Å². The molecule has 0 radical (unpaired) electrons. The monoisotopic (exact) mass is 435 g/mol. The molecular weight excluding hydrogens is 410 g/mol. The summed E-state index contributed by atoms with van der Waals surface area (Å²) in [7, 11) is 0. The zero-order chi connectivity index (χ0) is 22.9. The molecule has 1 heterocycles. The third-order valence-electron chi connectivity index (χ3n) is 5.08. The standard InChI is InChI=1S/C24H25N3O5/c28-16-18-6-9-19(10-7-18)25-24(32)20(11-8-17-4-2-1-3-5-17)26-21(29)14-15-27-22(30)12-13-23(27)31/h1-7,9-10,12-13,20,28H,8,11,14-16H2,(H,25,32)(H,26,29)/t20-/m0/s1. The molecule has 1 aliphatic heterocycles. The average molecular weight is 435 g/mol. The Morgan fingerprint density at radius 2 is 1.56 bits per heavy atom. The molecular formula is C24H25N3O5. The van der Waals surface area contributed by atoms with Gasteiger partial charge in [-0.05, 0) is 36.1 Å². The van der Waals surface area contributed by atoms with Crippen molar-refractivity contribution < 1.29 is 24.3 Å². The number of benzene rings is 2. The fraction of sp³-hybridized carbons (Fsp3) is 0.250. The Kier molecular flexibility index (Phi) is 7.88. The van der Waals surface area contributed by atoms with Crippen LogP contribution in [0.25, 0.3) is 0 Å². The van der Waals surface area contributed by atoms with Crippen molar-refractivity contribution >= 4 is 29.3 Å². The molecule has 0 spiro atoms. The number of rotatable bonds is 10. The Morgan fingerprint density at radius 3 is 2.19 bits per heavy atom. The zero-order valence-electron chi connectivity index (χ0n) is 17.5. The lowest BCUT2D eigenvalue weighted by atomic mass is 10.0. The molecule has 0 bridgehead atoms. The Balaban J connectivity index is 1.62. The zero-order valence-corrected chi connectivity index (χ0v) is 17.5. The van der Waals surface area contributed by atoms with Crippen LogP contribution in [0.5, 0.6) is 0 Å². The average Bonchev–Trinajstić information content (AvgIpc) is 3.13. The Labute approximate surface area is 185 Å². The lowest BCUT2D eigenvalue weighted by Crippen LogP contribution is -2.45. The first-order valence-electron chi connectivity index (χ1n) is 10.3. The lowest BCUT2D eigenvalue weighted by molar-refractivity contribution is -0.137. The number of hydrogen-bond acceptors (Lipinski definition) is 5. The second-order valence-electron chi connectivity index (χ2n) is 7.40. The third kappa shape index (κ3) is 6.36. The number of aliphatic hydroxyl groups is 1. The molecule has 3 N–H and O–H groups in total. The fourth-order valence-corrected chi connectivity index (χ4v) is 3.28. The van der Waals surface area contributed by atoms with Crippen LogP contribution in [0.2, 0.25) is 0 Å². The molecule has 32 heavy (non-hydrogen) atoms. The molecule has 8 nitrogen and oxygen atoms in total. The molecule has 0 fully saturated rings. The van der Waals surface area contributed by atoms with Crippen molar-refractivity contribution in [2.24, 2.45) is 0 Å². The van der Waals surface area contributed by atoms with Crippen LogP contribution in [0.15, 0.2) is 66.7 Å². The molecule has 1 aliphatic rings. The van der Waals surface area contributed by atoms with Gasteiger partial charge < -0.3 is 15.7 Å². The molecule has 0 aromatic heterocycles. The summed E-state index contributed by atoms with van der Waals surface area (Å²) in [4.78, 5) is 49.6. The van der Waals surface area contributed by atoms with Gasteiger partial charge in [0.25, 0.3) is 11.8 Å². The molecule has 8 heteroatoms. The number of hydrogen-bond donors (Lipinski definition) is 3. The van der Waals surface area contributed by atoms with E-state index in [9.17, 15) is 19.2 Å². The van der Waals surface area contributed by atoms with E-state index in [-0.39, 0.29) is 25.5 Å². The van der Waals surface area contributed by atoms with Gasteiger partial charge in [-0.15, -0.1) is 0 Å². The van der Waals surface area contributed by atoms with E-state index < -0.39 is 23.8 Å². The van der Waals surface area contributed by atoms with E-state index in [0.29, 0.717) is 18.5 Å². The summed E-state index contributed by atoms with van der Waals surface area (Å²) in [5.41, 5.74) is 2.30. The van der Waals surface area contributed by atoms with E-state index in [1.165, 1.54) is 12.2 Å². The van der Waals surface area contributed by atoms with Crippen molar-refractivity contribution in [1.29, 1.82) is 0 Å². The van der Waals surface area contributed by atoms with Gasteiger partial charge in [0.1, 0.15) is 6.04 Å². The number of carbonyl (C=O) groups is 4. The number of carbonyl (C=O) groups excluding carboxylic acids is 4. The molecule has 0 saturated carbocycles. The number of nitrogens with zero attached hydrogens (tertiary/aromatic N) is 1. The van der Waals surface area contributed by atoms with E-state index in [2.05, 4.69) is 10.6 Å². The molecule has 3 rings (SSSR count). The van der Waals surface area contributed by atoms with Gasteiger partial charge in [0.05, 0.1) is 6.61 Å². The number of nitrogens with one attached hydrogen (secondary N) is 2. The fourth-order valence-electron chi connectivity index (χ4n) is 3.28. The number of aliphatic hydroxyl groups excluding tert-OH is 1. The predicted octanol–water partition coefficient (Wildman–Crippen LogP) is 1.55. The minimum absolute atomic E-state index is 0.0495. The number of aryl methyl sites for hydroxylation is 1. The summed E-state index contributed by atoms with van der Waals surface area (Å²) in [6, 6.07) is 15.6. The Morgan fingerprint density at radius 1 is 0.906 bits per heavy atom. The normalized spacial score (nSPS) is 13.8. The van der Waals surface area contributed by atoms with E-state index in [4.69, 9.17) is 5.11 Å². The van der Waals surface area contributed by atoms with Crippen molar-refractivity contribution in [2.75, 3.05) is 11.9 Å². The SMILES string of the molecule is O=C(CCN1C(=O)C=CC1=O)N[C@@H](CCc1ccccc1)C(=O)Nc1ccc(CO)cc1. The maximum Gasteiger partial charge on any atom is 0.253 e. The van der Waals surface area contributed by atoms with Crippen molar-refractivity contribution in [3.8, 4) is 0 Å². The highest BCUT2D eigenvalue weighted by Gasteiger charge is 2.25. The van der Waals surface area contributed by atoms with Crippen LogP contribution in [-0.4, -0.2) is 46.2 Å². The van der Waals surface area contributed by atoms with Crippen molar-refractivity contribution in [3.05, 3.63) is 77.9 Å². The van der Waals surface area contributed by atoms with Crippen LogP contribution in [0.1, 0.15) is 24.0 Å². The number of anilines is 1. The first-order valence-corrected chi connectivity index (χ1v) is 10.3. The second kappa shape index (κ2) is 11.0. The maximum atomic E-state index is 12.9. The number of amides is 4.